The summed E-state index contributed by atoms with van der Waals surface area (Å²) in [6.07, 6.45) is 3.37. The zero-order valence-corrected chi connectivity index (χ0v) is 13.5. The van der Waals surface area contributed by atoms with E-state index in [1.807, 2.05) is 0 Å². The van der Waals surface area contributed by atoms with Crippen molar-refractivity contribution >= 4 is 11.6 Å². The Morgan fingerprint density at radius 2 is 1.95 bits per heavy atom. The average molecular weight is 314 g/mol. The number of hydrogen-bond acceptors (Lipinski definition) is 2. The van der Waals surface area contributed by atoms with Gasteiger partial charge in [-0.25, -0.2) is 0 Å². The van der Waals surface area contributed by atoms with Crippen molar-refractivity contribution in [2.24, 2.45) is 0 Å². The van der Waals surface area contributed by atoms with E-state index in [1.165, 1.54) is 28.7 Å². The van der Waals surface area contributed by atoms with Gasteiger partial charge in [-0.15, -0.1) is 0 Å². The Morgan fingerprint density at radius 3 is 2.82 bits per heavy atom. The molecule has 1 N–H and O–H groups in total. The third-order valence-electron chi connectivity index (χ3n) is 5.07. The molecule has 0 bridgehead atoms. The Morgan fingerprint density at radius 1 is 1.09 bits per heavy atom. The molecule has 2 aliphatic rings. The third-order valence-corrected chi connectivity index (χ3v) is 5.36. The van der Waals surface area contributed by atoms with Crippen LogP contribution in [0.25, 0.3) is 0 Å². The van der Waals surface area contributed by atoms with Crippen molar-refractivity contribution in [3.05, 3.63) is 63.7 Å². The Bertz CT molecular complexity index is 713. The van der Waals surface area contributed by atoms with Crippen molar-refractivity contribution in [3.63, 3.8) is 0 Å². The second-order valence-corrected chi connectivity index (χ2v) is 6.62. The Hall–Kier alpha value is -1.51. The molecule has 0 spiro atoms. The maximum Gasteiger partial charge on any atom is 0.137 e. The summed E-state index contributed by atoms with van der Waals surface area (Å²) < 4.78 is 5.47. The molecule has 1 unspecified atom stereocenters. The number of ether oxygens (including phenoxy) is 1. The number of fused-ring (bicyclic) bond motifs is 5. The fourth-order valence-electron chi connectivity index (χ4n) is 4.03. The van der Waals surface area contributed by atoms with Crippen LogP contribution in [0.3, 0.4) is 0 Å². The highest BCUT2D eigenvalue weighted by molar-refractivity contribution is 6.32. The summed E-state index contributed by atoms with van der Waals surface area (Å²) in [5.41, 5.74) is 5.66. The van der Waals surface area contributed by atoms with Gasteiger partial charge < -0.3 is 10.1 Å². The van der Waals surface area contributed by atoms with Crippen LogP contribution < -0.4 is 10.1 Å². The van der Waals surface area contributed by atoms with Gasteiger partial charge in [0.2, 0.25) is 0 Å². The molecule has 2 atom stereocenters. The highest BCUT2D eigenvalue weighted by Gasteiger charge is 2.34. The van der Waals surface area contributed by atoms with Crippen molar-refractivity contribution in [3.8, 4) is 5.75 Å². The van der Waals surface area contributed by atoms with Crippen LogP contribution in [-0.2, 0) is 12.8 Å². The number of aryl methyl sites for hydroxylation is 1. The van der Waals surface area contributed by atoms with Gasteiger partial charge in [0, 0.05) is 12.0 Å². The summed E-state index contributed by atoms with van der Waals surface area (Å²) in [6, 6.07) is 13.6. The van der Waals surface area contributed by atoms with Gasteiger partial charge in [-0.05, 0) is 60.2 Å². The largest absolute Gasteiger partial charge is 0.495 e. The van der Waals surface area contributed by atoms with Crippen LogP contribution >= 0.6 is 11.6 Å². The lowest BCUT2D eigenvalue weighted by Crippen LogP contribution is -2.38. The normalized spacial score (nSPS) is 23.0. The molecule has 114 valence electrons. The molecule has 22 heavy (non-hydrogen) atoms. The molecule has 2 aromatic rings. The lowest BCUT2D eigenvalue weighted by atomic mass is 9.75. The van der Waals surface area contributed by atoms with Crippen LogP contribution in [0.1, 0.15) is 34.6 Å². The van der Waals surface area contributed by atoms with E-state index in [1.54, 1.807) is 7.11 Å². The summed E-state index contributed by atoms with van der Waals surface area (Å²) in [4.78, 5) is 0. The minimum atomic E-state index is 0.397. The Balaban J connectivity index is 1.92. The van der Waals surface area contributed by atoms with Crippen LogP contribution in [0.4, 0.5) is 0 Å². The van der Waals surface area contributed by atoms with Crippen LogP contribution in [0.2, 0.25) is 5.02 Å². The second-order valence-electron chi connectivity index (χ2n) is 6.21. The predicted molar refractivity (Wildman–Crippen MR) is 90.1 cm³/mol. The van der Waals surface area contributed by atoms with E-state index in [9.17, 15) is 0 Å². The van der Waals surface area contributed by atoms with Crippen molar-refractivity contribution < 1.29 is 4.74 Å². The zero-order chi connectivity index (χ0) is 15.1. The first-order valence-electron chi connectivity index (χ1n) is 7.95. The molecule has 1 heterocycles. The molecule has 2 aromatic carbocycles. The smallest absolute Gasteiger partial charge is 0.137 e. The summed E-state index contributed by atoms with van der Waals surface area (Å²) in [5, 5.41) is 4.46. The van der Waals surface area contributed by atoms with E-state index in [0.717, 1.165) is 25.1 Å². The van der Waals surface area contributed by atoms with E-state index < -0.39 is 0 Å². The van der Waals surface area contributed by atoms with Crippen molar-refractivity contribution in [2.45, 2.75) is 31.2 Å². The lowest BCUT2D eigenvalue weighted by molar-refractivity contribution is 0.411. The van der Waals surface area contributed by atoms with Gasteiger partial charge in [0.05, 0.1) is 12.1 Å². The molecule has 0 amide bonds. The molecular weight excluding hydrogens is 294 g/mol. The summed E-state index contributed by atoms with van der Waals surface area (Å²) in [7, 11) is 1.69. The van der Waals surface area contributed by atoms with E-state index in [2.05, 4.69) is 41.7 Å². The van der Waals surface area contributed by atoms with Crippen molar-refractivity contribution in [1.29, 1.82) is 0 Å². The topological polar surface area (TPSA) is 21.3 Å². The molecule has 0 aromatic heterocycles. The molecule has 2 nitrogen and oxygen atoms in total. The first-order valence-corrected chi connectivity index (χ1v) is 8.33. The Labute approximate surface area is 136 Å². The highest BCUT2D eigenvalue weighted by atomic mass is 35.5. The predicted octanol–water partition coefficient (Wildman–Crippen LogP) is 3.94. The quantitative estimate of drug-likeness (QED) is 0.861. The highest BCUT2D eigenvalue weighted by Crippen LogP contribution is 2.42. The molecule has 1 aliphatic carbocycles. The van der Waals surface area contributed by atoms with E-state index in [0.29, 0.717) is 17.0 Å². The van der Waals surface area contributed by atoms with Gasteiger partial charge in [-0.1, -0.05) is 35.9 Å². The van der Waals surface area contributed by atoms with E-state index in [4.69, 9.17) is 16.3 Å². The summed E-state index contributed by atoms with van der Waals surface area (Å²) in [5.74, 6) is 1.18. The number of benzene rings is 2. The molecular formula is C19H20ClNO. The number of halogens is 1. The maximum atomic E-state index is 6.34. The van der Waals surface area contributed by atoms with Crippen LogP contribution in [0.5, 0.6) is 5.75 Å². The first kappa shape index (κ1) is 14.1. The van der Waals surface area contributed by atoms with Crippen LogP contribution in [-0.4, -0.2) is 19.7 Å². The van der Waals surface area contributed by atoms with Gasteiger partial charge in [0.15, 0.2) is 0 Å². The van der Waals surface area contributed by atoms with Gasteiger partial charge in [-0.3, -0.25) is 0 Å². The van der Waals surface area contributed by atoms with Crippen molar-refractivity contribution in [1.82, 2.24) is 5.32 Å². The molecule has 4 rings (SSSR count). The number of methoxy groups -OCH3 is 1. The Kier molecular flexibility index (Phi) is 3.59. The lowest BCUT2D eigenvalue weighted by Gasteiger charge is -2.34. The SMILES string of the molecule is COc1cc2c(cc1Cl)CCN[C@@H]1CCc3ccccc3C21. The number of hydrogen-bond donors (Lipinski definition) is 1. The molecule has 0 saturated carbocycles. The van der Waals surface area contributed by atoms with Crippen LogP contribution in [0, 0.1) is 0 Å². The van der Waals surface area contributed by atoms with Gasteiger partial charge >= 0.3 is 0 Å². The van der Waals surface area contributed by atoms with Gasteiger partial charge in [0.25, 0.3) is 0 Å². The minimum Gasteiger partial charge on any atom is -0.495 e. The minimum absolute atomic E-state index is 0.397. The van der Waals surface area contributed by atoms with E-state index in [-0.39, 0.29) is 0 Å². The van der Waals surface area contributed by atoms with Gasteiger partial charge in [0.1, 0.15) is 5.75 Å². The molecule has 3 heteroatoms. The molecule has 1 aliphatic heterocycles. The molecule has 0 saturated heterocycles. The maximum absolute atomic E-state index is 6.34. The summed E-state index contributed by atoms with van der Waals surface area (Å²) in [6.45, 7) is 1.01. The first-order chi connectivity index (χ1) is 10.8. The fraction of sp³-hybridized carbons (Fsp3) is 0.368. The average Bonchev–Trinajstić information content (AvgIpc) is 2.72. The molecule has 0 fully saturated rings. The molecule has 0 radical (unpaired) electrons. The van der Waals surface area contributed by atoms with Crippen molar-refractivity contribution in [2.75, 3.05) is 13.7 Å². The standard InChI is InChI=1S/C19H20ClNO/c1-22-18-11-15-13(10-16(18)20)8-9-21-17-7-6-12-4-2-3-5-14(12)19(15)17/h2-5,10-11,17,19,21H,6-9H2,1H3/t17-,19?/m1/s1. The fourth-order valence-corrected chi connectivity index (χ4v) is 4.29. The second kappa shape index (κ2) is 5.60. The number of nitrogens with one attached hydrogen (secondary N) is 1. The summed E-state index contributed by atoms with van der Waals surface area (Å²) >= 11 is 6.34. The van der Waals surface area contributed by atoms with Crippen LogP contribution in [0.15, 0.2) is 36.4 Å². The zero-order valence-electron chi connectivity index (χ0n) is 12.7. The van der Waals surface area contributed by atoms with E-state index >= 15 is 0 Å². The monoisotopic (exact) mass is 313 g/mol. The van der Waals surface area contributed by atoms with Gasteiger partial charge in [-0.2, -0.15) is 0 Å². The third kappa shape index (κ3) is 2.22. The number of rotatable bonds is 1.